The number of nitrogens with one attached hydrogen (secondary N) is 1. The fourth-order valence-electron chi connectivity index (χ4n) is 1.34. The number of carbonyl (C=O) groups is 1. The highest BCUT2D eigenvalue weighted by Gasteiger charge is 2.36. The molecule has 6 nitrogen and oxygen atoms in total. The van der Waals surface area contributed by atoms with E-state index in [1.54, 1.807) is 5.09 Å². The smallest absolute Gasteiger partial charge is 0.459 e. The van der Waals surface area contributed by atoms with Gasteiger partial charge in [0.25, 0.3) is 0 Å². The van der Waals surface area contributed by atoms with Gasteiger partial charge in [0, 0.05) is 0 Å². The van der Waals surface area contributed by atoms with Crippen LogP contribution < -0.4 is 9.61 Å². The maximum absolute atomic E-state index is 13.5. The van der Waals surface area contributed by atoms with Crippen LogP contribution in [0.25, 0.3) is 0 Å². The topological polar surface area (TPSA) is 84.9 Å². The number of carboxylic acid groups (broad SMARTS) is 1. The minimum atomic E-state index is -4.73. The second-order valence-corrected chi connectivity index (χ2v) is 5.79. The van der Waals surface area contributed by atoms with Crippen LogP contribution in [0.2, 0.25) is 0 Å². The predicted octanol–water partition coefficient (Wildman–Crippen LogP) is 2.97. The number of halogens is 5. The fraction of sp³-hybridized carbons (Fsp3) is 0.364. The van der Waals surface area contributed by atoms with E-state index in [0.29, 0.717) is 0 Å². The van der Waals surface area contributed by atoms with Crippen molar-refractivity contribution in [2.24, 2.45) is 0 Å². The van der Waals surface area contributed by atoms with E-state index in [2.05, 4.69) is 9.05 Å². The summed E-state index contributed by atoms with van der Waals surface area (Å²) < 4.78 is 87.1. The first-order valence-corrected chi connectivity index (χ1v) is 7.54. The van der Waals surface area contributed by atoms with Crippen LogP contribution in [0, 0.1) is 29.1 Å². The molecule has 23 heavy (non-hydrogen) atoms. The number of hydrogen-bond donors (Lipinski definition) is 2. The Morgan fingerprint density at radius 2 is 1.57 bits per heavy atom. The molecule has 1 aromatic rings. The molecule has 0 saturated carbocycles. The van der Waals surface area contributed by atoms with Crippen LogP contribution in [0.1, 0.15) is 13.8 Å². The first-order valence-electron chi connectivity index (χ1n) is 6.00. The number of benzene rings is 1. The Morgan fingerprint density at radius 3 is 1.96 bits per heavy atom. The van der Waals surface area contributed by atoms with Gasteiger partial charge >= 0.3 is 13.7 Å². The van der Waals surface area contributed by atoms with Crippen molar-refractivity contribution in [3.63, 3.8) is 0 Å². The van der Waals surface area contributed by atoms with Gasteiger partial charge in [-0.05, 0) is 13.8 Å². The summed E-state index contributed by atoms with van der Waals surface area (Å²) in [6, 6.07) is -1.56. The molecule has 0 spiro atoms. The summed E-state index contributed by atoms with van der Waals surface area (Å²) in [5.74, 6) is -15.2. The predicted molar refractivity (Wildman–Crippen MR) is 66.3 cm³/mol. The van der Waals surface area contributed by atoms with Gasteiger partial charge in [-0.3, -0.25) is 9.32 Å². The SMILES string of the molecule is CCO[P@@](=O)(NC(C)C(=O)O)Oc1c(F)c(F)c(F)c(F)c1F. The molecule has 130 valence electrons. The Morgan fingerprint density at radius 1 is 1.13 bits per heavy atom. The lowest BCUT2D eigenvalue weighted by molar-refractivity contribution is -0.138. The summed E-state index contributed by atoms with van der Waals surface area (Å²) >= 11 is 0. The van der Waals surface area contributed by atoms with Crippen molar-refractivity contribution < 1.29 is 45.5 Å². The molecular weight excluding hydrogens is 352 g/mol. The zero-order valence-electron chi connectivity index (χ0n) is 11.7. The Hall–Kier alpha value is -1.71. The lowest BCUT2D eigenvalue weighted by atomic mass is 10.3. The number of hydrogen-bond acceptors (Lipinski definition) is 4. The largest absolute Gasteiger partial charge is 0.480 e. The van der Waals surface area contributed by atoms with Crippen LogP contribution in [-0.4, -0.2) is 23.7 Å². The third-order valence-corrected chi connectivity index (χ3v) is 4.13. The minimum Gasteiger partial charge on any atom is -0.480 e. The molecule has 2 N–H and O–H groups in total. The van der Waals surface area contributed by atoms with Crippen molar-refractivity contribution in [3.05, 3.63) is 29.1 Å². The maximum Gasteiger partial charge on any atom is 0.459 e. The van der Waals surface area contributed by atoms with E-state index < -0.39 is 54.6 Å². The lowest BCUT2D eigenvalue weighted by Crippen LogP contribution is -2.33. The summed E-state index contributed by atoms with van der Waals surface area (Å²) in [6.45, 7) is 1.91. The van der Waals surface area contributed by atoms with Gasteiger partial charge in [0.2, 0.25) is 34.8 Å². The summed E-state index contributed by atoms with van der Waals surface area (Å²) in [5.41, 5.74) is 0. The highest BCUT2D eigenvalue weighted by Crippen LogP contribution is 2.47. The van der Waals surface area contributed by atoms with E-state index in [1.807, 2.05) is 0 Å². The molecule has 0 saturated heterocycles. The van der Waals surface area contributed by atoms with E-state index in [9.17, 15) is 31.3 Å². The molecule has 0 aromatic heterocycles. The number of rotatable bonds is 7. The van der Waals surface area contributed by atoms with Crippen molar-refractivity contribution in [3.8, 4) is 5.75 Å². The van der Waals surface area contributed by atoms with E-state index >= 15 is 0 Å². The van der Waals surface area contributed by atoms with Crippen LogP contribution >= 0.6 is 7.75 Å². The highest BCUT2D eigenvalue weighted by atomic mass is 31.2. The van der Waals surface area contributed by atoms with Crippen LogP contribution in [0.15, 0.2) is 0 Å². The number of carboxylic acids is 1. The van der Waals surface area contributed by atoms with Crippen molar-refractivity contribution >= 4 is 13.7 Å². The summed E-state index contributed by atoms with van der Waals surface area (Å²) in [6.07, 6.45) is 0. The zero-order valence-corrected chi connectivity index (χ0v) is 12.6. The molecule has 0 aliphatic heterocycles. The monoisotopic (exact) mass is 363 g/mol. The molecule has 0 fully saturated rings. The third-order valence-electron chi connectivity index (χ3n) is 2.40. The van der Waals surface area contributed by atoms with Gasteiger partial charge < -0.3 is 9.63 Å². The van der Waals surface area contributed by atoms with Crippen molar-refractivity contribution in [2.75, 3.05) is 6.61 Å². The lowest BCUT2D eigenvalue weighted by Gasteiger charge is -2.21. The van der Waals surface area contributed by atoms with Gasteiger partial charge in [0.1, 0.15) is 6.04 Å². The molecule has 2 atom stereocenters. The molecule has 0 amide bonds. The van der Waals surface area contributed by atoms with E-state index in [-0.39, 0.29) is 6.61 Å². The Kier molecular flexibility index (Phi) is 6.09. The van der Waals surface area contributed by atoms with Crippen LogP contribution in [0.3, 0.4) is 0 Å². The summed E-state index contributed by atoms with van der Waals surface area (Å²) in [5, 5.41) is 10.5. The molecule has 12 heteroatoms. The van der Waals surface area contributed by atoms with Gasteiger partial charge in [-0.25, -0.2) is 17.7 Å². The fourth-order valence-corrected chi connectivity index (χ4v) is 2.84. The molecule has 1 aromatic carbocycles. The Balaban J connectivity index is 3.30. The van der Waals surface area contributed by atoms with Crippen molar-refractivity contribution in [1.29, 1.82) is 0 Å². The first kappa shape index (κ1) is 19.3. The van der Waals surface area contributed by atoms with Gasteiger partial charge in [0.05, 0.1) is 6.61 Å². The van der Waals surface area contributed by atoms with Crippen LogP contribution in [-0.2, 0) is 13.9 Å². The molecule has 0 radical (unpaired) electrons. The molecule has 0 aliphatic rings. The van der Waals surface area contributed by atoms with Gasteiger partial charge in [-0.1, -0.05) is 0 Å². The van der Waals surface area contributed by atoms with E-state index in [1.165, 1.54) is 6.92 Å². The average Bonchev–Trinajstić information content (AvgIpc) is 2.47. The standard InChI is InChI=1S/C11H11F5NO5P/c1-3-21-23(20,17-4(2)11(18)19)22-10-8(15)6(13)5(12)7(14)9(10)16/h4H,3H2,1-2H3,(H,17,20)(H,18,19)/t4?,23-/m0/s1. The van der Waals surface area contributed by atoms with Gasteiger partial charge in [0.15, 0.2) is 0 Å². The Labute approximate surface area is 126 Å². The maximum atomic E-state index is 13.5. The highest BCUT2D eigenvalue weighted by molar-refractivity contribution is 7.52. The van der Waals surface area contributed by atoms with E-state index in [0.717, 1.165) is 6.92 Å². The quantitative estimate of drug-likeness (QED) is 0.335. The number of aliphatic carboxylic acids is 1. The molecular formula is C11H11F5NO5P. The minimum absolute atomic E-state index is 0.369. The summed E-state index contributed by atoms with van der Waals surface area (Å²) in [4.78, 5) is 10.7. The van der Waals surface area contributed by atoms with Crippen molar-refractivity contribution in [1.82, 2.24) is 5.09 Å². The third kappa shape index (κ3) is 4.18. The molecule has 1 rings (SSSR count). The first-order chi connectivity index (χ1) is 10.5. The van der Waals surface area contributed by atoms with Crippen LogP contribution in [0.5, 0.6) is 5.75 Å². The molecule has 0 bridgehead atoms. The molecule has 1 unspecified atom stereocenters. The zero-order chi connectivity index (χ0) is 17.9. The second-order valence-electron chi connectivity index (χ2n) is 4.09. The molecule has 0 heterocycles. The molecule has 0 aliphatic carbocycles. The van der Waals surface area contributed by atoms with Crippen molar-refractivity contribution in [2.45, 2.75) is 19.9 Å². The van der Waals surface area contributed by atoms with Crippen LogP contribution in [0.4, 0.5) is 22.0 Å². The van der Waals surface area contributed by atoms with Gasteiger partial charge in [-0.2, -0.15) is 13.9 Å². The van der Waals surface area contributed by atoms with E-state index in [4.69, 9.17) is 5.11 Å². The Bertz CT molecular complexity index is 642. The van der Waals surface area contributed by atoms with Gasteiger partial charge in [-0.15, -0.1) is 0 Å². The second kappa shape index (κ2) is 7.24. The average molecular weight is 363 g/mol. The normalized spacial score (nSPS) is 15.1. The summed E-state index contributed by atoms with van der Waals surface area (Å²) in [7, 11) is -4.73.